The number of allylic oxidation sites excluding steroid dienone is 1. The van der Waals surface area contributed by atoms with Crippen molar-refractivity contribution in [3.63, 3.8) is 0 Å². The van der Waals surface area contributed by atoms with Crippen LogP contribution in [-0.4, -0.2) is 0 Å². The Morgan fingerprint density at radius 2 is 2.17 bits per heavy atom. The third-order valence-corrected chi connectivity index (χ3v) is 2.74. The van der Waals surface area contributed by atoms with Gasteiger partial charge in [-0.05, 0) is 23.5 Å². The van der Waals surface area contributed by atoms with Crippen molar-refractivity contribution in [2.75, 3.05) is 0 Å². The summed E-state index contributed by atoms with van der Waals surface area (Å²) >= 11 is 0. The Kier molecular flexibility index (Phi) is 1.76. The van der Waals surface area contributed by atoms with E-state index < -0.39 is 0 Å². The van der Waals surface area contributed by atoms with Crippen LogP contribution in [0.2, 0.25) is 0 Å². The second-order valence-electron chi connectivity index (χ2n) is 3.65. The first-order chi connectivity index (χ1) is 5.83. The molecule has 0 heterocycles. The topological polar surface area (TPSA) is 0 Å². The largest absolute Gasteiger partial charge is 0.103 e. The van der Waals surface area contributed by atoms with Crippen molar-refractivity contribution >= 4 is 0 Å². The van der Waals surface area contributed by atoms with Crippen LogP contribution in [0.5, 0.6) is 0 Å². The maximum absolute atomic E-state index is 3.78. The second-order valence-corrected chi connectivity index (χ2v) is 3.65. The van der Waals surface area contributed by atoms with Crippen LogP contribution in [0.25, 0.3) is 0 Å². The Hall–Kier alpha value is -1.04. The van der Waals surface area contributed by atoms with Gasteiger partial charge in [0.05, 0.1) is 0 Å². The van der Waals surface area contributed by atoms with Gasteiger partial charge in [0.1, 0.15) is 0 Å². The van der Waals surface area contributed by atoms with Gasteiger partial charge in [-0.15, -0.1) is 6.58 Å². The predicted molar refractivity (Wildman–Crippen MR) is 52.3 cm³/mol. The van der Waals surface area contributed by atoms with Crippen molar-refractivity contribution in [3.8, 4) is 0 Å². The van der Waals surface area contributed by atoms with E-state index in [0.717, 1.165) is 12.3 Å². The molecule has 3 rings (SSSR count). The average molecular weight is 158 g/mol. The molecule has 12 heavy (non-hydrogen) atoms. The molecule has 0 spiro atoms. The van der Waals surface area contributed by atoms with E-state index in [9.17, 15) is 0 Å². The first kappa shape index (κ1) is 7.60. The Bertz CT molecular complexity index is 272. The fraction of sp³-hybridized carbons (Fsp3) is 0.333. The number of rotatable bonds is 3. The minimum atomic E-state index is 0.702. The van der Waals surface area contributed by atoms with Crippen LogP contribution in [0.15, 0.2) is 36.9 Å². The molecule has 0 nitrogen and oxygen atoms in total. The molecule has 0 radical (unpaired) electrons. The van der Waals surface area contributed by atoms with Crippen molar-refractivity contribution < 1.29 is 0 Å². The van der Waals surface area contributed by atoms with Gasteiger partial charge >= 0.3 is 0 Å². The van der Waals surface area contributed by atoms with Gasteiger partial charge in [-0.3, -0.25) is 0 Å². The van der Waals surface area contributed by atoms with Crippen LogP contribution < -0.4 is 0 Å². The van der Waals surface area contributed by atoms with Crippen molar-refractivity contribution in [2.24, 2.45) is 5.92 Å². The van der Waals surface area contributed by atoms with Gasteiger partial charge in [-0.1, -0.05) is 37.3 Å². The molecule has 0 saturated heterocycles. The smallest absolute Gasteiger partial charge is 0.0118 e. The van der Waals surface area contributed by atoms with Gasteiger partial charge in [0.25, 0.3) is 0 Å². The number of hydrogen-bond acceptors (Lipinski definition) is 0. The minimum absolute atomic E-state index is 0.702. The highest BCUT2D eigenvalue weighted by molar-refractivity contribution is 5.44. The van der Waals surface area contributed by atoms with E-state index in [1.807, 2.05) is 6.08 Å². The second kappa shape index (κ2) is 2.78. The van der Waals surface area contributed by atoms with E-state index >= 15 is 0 Å². The van der Waals surface area contributed by atoms with E-state index in [1.165, 1.54) is 11.1 Å². The quantitative estimate of drug-likeness (QED) is 0.592. The Balaban J connectivity index is 2.14. The number of hydrogen-bond donors (Lipinski definition) is 0. The Morgan fingerprint density at radius 3 is 2.67 bits per heavy atom. The highest BCUT2D eigenvalue weighted by Gasteiger charge is 2.27. The summed E-state index contributed by atoms with van der Waals surface area (Å²) in [5.74, 6) is 1.42. The zero-order valence-electron chi connectivity index (χ0n) is 7.46. The van der Waals surface area contributed by atoms with Crippen LogP contribution in [0.1, 0.15) is 30.4 Å². The fourth-order valence-corrected chi connectivity index (χ4v) is 2.10. The lowest BCUT2D eigenvalue weighted by molar-refractivity contribution is 0.499. The molecule has 1 aromatic carbocycles. The molecule has 0 heteroatoms. The number of fused-ring (bicyclic) bond motifs is 2. The van der Waals surface area contributed by atoms with Crippen LogP contribution in [-0.2, 0) is 0 Å². The molecule has 0 amide bonds. The fourth-order valence-electron chi connectivity index (χ4n) is 2.10. The van der Waals surface area contributed by atoms with Crippen molar-refractivity contribution in [3.05, 3.63) is 48.0 Å². The Morgan fingerprint density at radius 1 is 1.50 bits per heavy atom. The molecule has 1 aromatic rings. The van der Waals surface area contributed by atoms with Crippen molar-refractivity contribution in [1.29, 1.82) is 0 Å². The van der Waals surface area contributed by atoms with E-state index in [2.05, 4.69) is 37.8 Å². The van der Waals surface area contributed by atoms with Crippen molar-refractivity contribution in [1.82, 2.24) is 0 Å². The normalized spacial score (nSPS) is 16.8. The van der Waals surface area contributed by atoms with Crippen molar-refractivity contribution in [2.45, 2.75) is 19.3 Å². The monoisotopic (exact) mass is 158 g/mol. The molecule has 2 aliphatic carbocycles. The van der Waals surface area contributed by atoms with E-state index in [0.29, 0.717) is 5.92 Å². The molecule has 0 N–H and O–H groups in total. The molecule has 2 bridgehead atoms. The summed E-state index contributed by atoms with van der Waals surface area (Å²) in [6.45, 7) is 6.08. The van der Waals surface area contributed by atoms with E-state index in [-0.39, 0.29) is 0 Å². The summed E-state index contributed by atoms with van der Waals surface area (Å²) in [5.41, 5.74) is 3.00. The molecule has 0 saturated carbocycles. The third kappa shape index (κ3) is 0.989. The molecule has 0 aliphatic heterocycles. The average Bonchev–Trinajstić information content (AvgIpc) is 2.05. The SMILES string of the molecule is C=CCC(C)C1c2cccc1c2. The first-order valence-electron chi connectivity index (χ1n) is 4.53. The van der Waals surface area contributed by atoms with Gasteiger partial charge in [0.15, 0.2) is 0 Å². The van der Waals surface area contributed by atoms with Gasteiger partial charge < -0.3 is 0 Å². The maximum atomic E-state index is 3.78. The van der Waals surface area contributed by atoms with E-state index in [1.54, 1.807) is 0 Å². The summed E-state index contributed by atoms with van der Waals surface area (Å²) in [5, 5.41) is 0. The third-order valence-electron chi connectivity index (χ3n) is 2.74. The molecular formula is C12H14. The summed E-state index contributed by atoms with van der Waals surface area (Å²) in [6.07, 6.45) is 3.14. The lowest BCUT2D eigenvalue weighted by atomic mass is 9.72. The van der Waals surface area contributed by atoms with Crippen LogP contribution in [0.3, 0.4) is 0 Å². The van der Waals surface area contributed by atoms with Gasteiger partial charge in [-0.25, -0.2) is 0 Å². The van der Waals surface area contributed by atoms with Gasteiger partial charge in [0, 0.05) is 5.92 Å². The molecular weight excluding hydrogens is 144 g/mol. The van der Waals surface area contributed by atoms with Gasteiger partial charge in [0.2, 0.25) is 0 Å². The van der Waals surface area contributed by atoms with Gasteiger partial charge in [-0.2, -0.15) is 0 Å². The highest BCUT2D eigenvalue weighted by Crippen LogP contribution is 2.41. The summed E-state index contributed by atoms with van der Waals surface area (Å²) in [7, 11) is 0. The standard InChI is InChI=1S/C12H14/c1-3-5-9(2)12-10-6-4-7-11(12)8-10/h3-4,6-9,12H,1,5H2,2H3. The molecule has 1 atom stereocenters. The zero-order valence-corrected chi connectivity index (χ0v) is 7.46. The zero-order chi connectivity index (χ0) is 8.55. The molecule has 2 aliphatic rings. The lowest BCUT2D eigenvalue weighted by Gasteiger charge is -2.32. The van der Waals surface area contributed by atoms with Crippen LogP contribution in [0.4, 0.5) is 0 Å². The molecule has 0 aromatic heterocycles. The first-order valence-corrected chi connectivity index (χ1v) is 4.53. The van der Waals surface area contributed by atoms with Crippen LogP contribution in [0, 0.1) is 5.92 Å². The summed E-state index contributed by atoms with van der Waals surface area (Å²) in [4.78, 5) is 0. The molecule has 1 unspecified atom stereocenters. The highest BCUT2D eigenvalue weighted by atomic mass is 14.3. The number of benzene rings is 1. The maximum Gasteiger partial charge on any atom is 0.0118 e. The summed E-state index contributed by atoms with van der Waals surface area (Å²) in [6, 6.07) is 8.86. The molecule has 0 fully saturated rings. The minimum Gasteiger partial charge on any atom is -0.103 e. The lowest BCUT2D eigenvalue weighted by Crippen LogP contribution is -2.18. The summed E-state index contributed by atoms with van der Waals surface area (Å²) < 4.78 is 0. The Labute approximate surface area is 73.9 Å². The van der Waals surface area contributed by atoms with Crippen LogP contribution >= 0.6 is 0 Å². The predicted octanol–water partition coefficient (Wildman–Crippen LogP) is 3.34. The van der Waals surface area contributed by atoms with E-state index in [4.69, 9.17) is 0 Å². The molecule has 62 valence electrons.